The molecule has 1 nitrogen and oxygen atoms in total. The summed E-state index contributed by atoms with van der Waals surface area (Å²) in [5.74, 6) is 6.41. The molecular weight excluding hydrogens is 312 g/mol. The van der Waals surface area contributed by atoms with Gasteiger partial charge in [-0.1, -0.05) is 68.5 Å². The Morgan fingerprint density at radius 2 is 1.58 bits per heavy atom. The highest BCUT2D eigenvalue weighted by atomic mass is 32.2. The molecule has 0 bridgehead atoms. The van der Waals surface area contributed by atoms with Crippen LogP contribution in [0.15, 0.2) is 76.0 Å². The first-order valence-corrected chi connectivity index (χ1v) is 9.67. The van der Waals surface area contributed by atoms with Crippen molar-refractivity contribution in [1.82, 2.24) is 0 Å². The van der Waals surface area contributed by atoms with Crippen LogP contribution in [0.5, 0.6) is 0 Å². The minimum atomic E-state index is -1.22. The molecule has 1 atom stereocenters. The van der Waals surface area contributed by atoms with E-state index in [1.54, 1.807) is 0 Å². The third-order valence-electron chi connectivity index (χ3n) is 3.82. The molecule has 124 valence electrons. The summed E-state index contributed by atoms with van der Waals surface area (Å²) in [6.07, 6.45) is 4.08. The molecule has 0 heterocycles. The van der Waals surface area contributed by atoms with Gasteiger partial charge < -0.3 is 0 Å². The second-order valence-electron chi connectivity index (χ2n) is 5.59. The van der Waals surface area contributed by atoms with E-state index in [-0.39, 0.29) is 0 Å². The number of unbranched alkanes of at least 4 members (excludes halogenated alkanes) is 1. The normalized spacial score (nSPS) is 12.8. The van der Waals surface area contributed by atoms with Crippen LogP contribution in [0, 0.1) is 11.8 Å². The smallest absolute Gasteiger partial charge is 0.0934 e. The molecule has 0 aliphatic rings. The summed E-state index contributed by atoms with van der Waals surface area (Å²) < 4.78 is 13.1. The van der Waals surface area contributed by atoms with Gasteiger partial charge in [0.15, 0.2) is 0 Å². The van der Waals surface area contributed by atoms with E-state index in [0.717, 1.165) is 41.0 Å². The standard InChI is InChI=1S/C22H24OS/c1-3-5-14-20(4-2)22(18-17-19-12-8-6-9-13-19)24(23)21-15-10-7-11-16-21/h6-13,15-16H,3-5,14H2,1-2H3/b22-20-. The van der Waals surface area contributed by atoms with E-state index in [0.29, 0.717) is 0 Å². The lowest BCUT2D eigenvalue weighted by Crippen LogP contribution is -2.00. The van der Waals surface area contributed by atoms with Crippen molar-refractivity contribution in [1.29, 1.82) is 0 Å². The van der Waals surface area contributed by atoms with Gasteiger partial charge in [-0.25, -0.2) is 4.21 Å². The van der Waals surface area contributed by atoms with Crippen molar-refractivity contribution in [2.24, 2.45) is 0 Å². The third kappa shape index (κ3) is 5.22. The van der Waals surface area contributed by atoms with Crippen LogP contribution < -0.4 is 0 Å². The van der Waals surface area contributed by atoms with Crippen molar-refractivity contribution in [3.8, 4) is 11.8 Å². The Bertz CT molecular complexity index is 749. The van der Waals surface area contributed by atoms with Crippen molar-refractivity contribution in [3.05, 3.63) is 76.7 Å². The lowest BCUT2D eigenvalue weighted by atomic mass is 10.1. The van der Waals surface area contributed by atoms with Gasteiger partial charge in [-0.2, -0.15) is 0 Å². The van der Waals surface area contributed by atoms with E-state index in [4.69, 9.17) is 0 Å². The molecule has 2 aromatic rings. The molecule has 0 spiro atoms. The predicted octanol–water partition coefficient (Wildman–Crippen LogP) is 5.70. The molecule has 0 fully saturated rings. The molecule has 0 N–H and O–H groups in total. The molecule has 24 heavy (non-hydrogen) atoms. The van der Waals surface area contributed by atoms with E-state index in [1.807, 2.05) is 60.7 Å². The fourth-order valence-electron chi connectivity index (χ4n) is 2.42. The second kappa shape index (κ2) is 9.90. The van der Waals surface area contributed by atoms with E-state index in [2.05, 4.69) is 25.7 Å². The predicted molar refractivity (Wildman–Crippen MR) is 103 cm³/mol. The van der Waals surface area contributed by atoms with Gasteiger partial charge in [0.1, 0.15) is 0 Å². The molecule has 0 saturated heterocycles. The lowest BCUT2D eigenvalue weighted by molar-refractivity contribution is 0.686. The quantitative estimate of drug-likeness (QED) is 0.618. The molecule has 2 heteroatoms. The molecule has 0 aliphatic heterocycles. The first-order chi connectivity index (χ1) is 11.8. The number of rotatable bonds is 6. The van der Waals surface area contributed by atoms with E-state index >= 15 is 0 Å². The van der Waals surface area contributed by atoms with Crippen molar-refractivity contribution in [3.63, 3.8) is 0 Å². The summed E-state index contributed by atoms with van der Waals surface area (Å²) in [4.78, 5) is 1.60. The zero-order chi connectivity index (χ0) is 17.2. The number of hydrogen-bond acceptors (Lipinski definition) is 1. The van der Waals surface area contributed by atoms with Gasteiger partial charge in [-0.3, -0.25) is 0 Å². The topological polar surface area (TPSA) is 17.1 Å². The molecule has 0 radical (unpaired) electrons. The number of benzene rings is 2. The molecular formula is C22H24OS. The molecule has 0 aliphatic carbocycles. The monoisotopic (exact) mass is 336 g/mol. The first kappa shape index (κ1) is 18.2. The van der Waals surface area contributed by atoms with Gasteiger partial charge in [0, 0.05) is 10.5 Å². The van der Waals surface area contributed by atoms with Gasteiger partial charge in [-0.05, 0) is 49.1 Å². The van der Waals surface area contributed by atoms with Crippen LogP contribution >= 0.6 is 0 Å². The van der Waals surface area contributed by atoms with Crippen molar-refractivity contribution >= 4 is 10.8 Å². The summed E-state index contributed by atoms with van der Waals surface area (Å²) in [6.45, 7) is 4.30. The van der Waals surface area contributed by atoms with Crippen LogP contribution in [0.4, 0.5) is 0 Å². The fraction of sp³-hybridized carbons (Fsp3) is 0.273. The minimum Gasteiger partial charge on any atom is -0.248 e. The maximum atomic E-state index is 13.1. The molecule has 0 aromatic heterocycles. The van der Waals surface area contributed by atoms with Crippen LogP contribution in [0.2, 0.25) is 0 Å². The zero-order valence-corrected chi connectivity index (χ0v) is 15.2. The second-order valence-corrected chi connectivity index (χ2v) is 7.00. The molecule has 2 aromatic carbocycles. The first-order valence-electron chi connectivity index (χ1n) is 8.52. The average molecular weight is 337 g/mol. The summed E-state index contributed by atoms with van der Waals surface area (Å²) in [5.41, 5.74) is 2.16. The van der Waals surface area contributed by atoms with Crippen molar-refractivity contribution < 1.29 is 4.21 Å². The molecule has 0 saturated carbocycles. The Balaban J connectivity index is 2.43. The Labute approximate surface area is 148 Å². The fourth-order valence-corrected chi connectivity index (χ4v) is 3.71. The summed E-state index contributed by atoms with van der Waals surface area (Å²) in [6, 6.07) is 19.5. The highest BCUT2D eigenvalue weighted by Gasteiger charge is 2.13. The van der Waals surface area contributed by atoms with Crippen LogP contribution in [-0.4, -0.2) is 4.21 Å². The zero-order valence-electron chi connectivity index (χ0n) is 14.4. The van der Waals surface area contributed by atoms with Crippen LogP contribution in [-0.2, 0) is 10.8 Å². The minimum absolute atomic E-state index is 0.779. The summed E-state index contributed by atoms with van der Waals surface area (Å²) in [7, 11) is -1.22. The van der Waals surface area contributed by atoms with Gasteiger partial charge in [0.05, 0.1) is 15.7 Å². The third-order valence-corrected chi connectivity index (χ3v) is 5.28. The Morgan fingerprint density at radius 1 is 0.958 bits per heavy atom. The van der Waals surface area contributed by atoms with Crippen molar-refractivity contribution in [2.45, 2.75) is 44.4 Å². The van der Waals surface area contributed by atoms with Gasteiger partial charge in [-0.15, -0.1) is 0 Å². The summed E-state index contributed by atoms with van der Waals surface area (Å²) in [5, 5.41) is 0. The van der Waals surface area contributed by atoms with E-state index < -0.39 is 10.8 Å². The largest absolute Gasteiger partial charge is 0.248 e. The molecule has 0 amide bonds. The maximum Gasteiger partial charge on any atom is 0.0934 e. The lowest BCUT2D eigenvalue weighted by Gasteiger charge is -2.09. The summed E-state index contributed by atoms with van der Waals surface area (Å²) >= 11 is 0. The highest BCUT2D eigenvalue weighted by molar-refractivity contribution is 7.89. The van der Waals surface area contributed by atoms with Gasteiger partial charge in [0.2, 0.25) is 0 Å². The van der Waals surface area contributed by atoms with Crippen LogP contribution in [0.1, 0.15) is 45.1 Å². The van der Waals surface area contributed by atoms with Crippen molar-refractivity contribution in [2.75, 3.05) is 0 Å². The van der Waals surface area contributed by atoms with E-state index in [9.17, 15) is 4.21 Å². The Morgan fingerprint density at radius 3 is 2.17 bits per heavy atom. The maximum absolute atomic E-state index is 13.1. The van der Waals surface area contributed by atoms with Gasteiger partial charge >= 0.3 is 0 Å². The Kier molecular flexibility index (Phi) is 7.52. The molecule has 2 rings (SSSR count). The highest BCUT2D eigenvalue weighted by Crippen LogP contribution is 2.23. The van der Waals surface area contributed by atoms with Crippen LogP contribution in [0.3, 0.4) is 0 Å². The Hall–Kier alpha value is -2.11. The molecule has 1 unspecified atom stereocenters. The van der Waals surface area contributed by atoms with Gasteiger partial charge in [0.25, 0.3) is 0 Å². The SMILES string of the molecule is CCCC/C(CC)=C(/C#Cc1ccccc1)S(=O)c1ccccc1. The number of allylic oxidation sites excluding steroid dienone is 2. The average Bonchev–Trinajstić information content (AvgIpc) is 2.65. The number of hydrogen-bond donors (Lipinski definition) is 0. The van der Waals surface area contributed by atoms with Crippen LogP contribution in [0.25, 0.3) is 0 Å². The van der Waals surface area contributed by atoms with E-state index in [1.165, 1.54) is 5.57 Å².